The molecule has 1 N–H and O–H groups in total. The Morgan fingerprint density at radius 3 is 2.82 bits per heavy atom. The summed E-state index contributed by atoms with van der Waals surface area (Å²) in [6.07, 6.45) is 1.72. The maximum absolute atomic E-state index is 12.9. The van der Waals surface area contributed by atoms with Gasteiger partial charge in [0.2, 0.25) is 0 Å². The van der Waals surface area contributed by atoms with Crippen LogP contribution < -0.4 is 0 Å². The first-order valence-corrected chi connectivity index (χ1v) is 6.57. The van der Waals surface area contributed by atoms with Crippen LogP contribution in [0.1, 0.15) is 16.9 Å². The number of rotatable bonds is 5. The third kappa shape index (κ3) is 3.95. The van der Waals surface area contributed by atoms with Crippen molar-refractivity contribution in [3.63, 3.8) is 0 Å². The molecule has 1 heterocycles. The molecule has 2 rings (SSSR count). The number of aryl methyl sites for hydroxylation is 1. The molecule has 0 fully saturated rings. The van der Waals surface area contributed by atoms with Crippen molar-refractivity contribution in [3.8, 4) is 0 Å². The Labute approximate surface area is 105 Å². The van der Waals surface area contributed by atoms with Gasteiger partial charge in [0, 0.05) is 4.88 Å². The second-order valence-corrected chi connectivity index (χ2v) is 5.14. The van der Waals surface area contributed by atoms with Gasteiger partial charge in [0.25, 0.3) is 0 Å². The summed E-state index contributed by atoms with van der Waals surface area (Å²) in [6.45, 7) is 0. The molecule has 1 atom stereocenters. The molecule has 0 amide bonds. The van der Waals surface area contributed by atoms with Crippen LogP contribution in [0.2, 0.25) is 0 Å². The molecule has 0 aliphatic heterocycles. The Bertz CT molecular complexity index is 453. The predicted molar refractivity (Wildman–Crippen MR) is 68.8 cm³/mol. The Hall–Kier alpha value is -1.19. The van der Waals surface area contributed by atoms with Crippen molar-refractivity contribution in [3.05, 3.63) is 58.0 Å². The van der Waals surface area contributed by atoms with Gasteiger partial charge in [0.1, 0.15) is 5.82 Å². The fourth-order valence-electron chi connectivity index (χ4n) is 1.80. The van der Waals surface area contributed by atoms with Gasteiger partial charge in [-0.05, 0) is 48.4 Å². The van der Waals surface area contributed by atoms with Crippen molar-refractivity contribution in [2.45, 2.75) is 25.4 Å². The Morgan fingerprint density at radius 1 is 1.24 bits per heavy atom. The van der Waals surface area contributed by atoms with Crippen LogP contribution >= 0.6 is 11.3 Å². The van der Waals surface area contributed by atoms with E-state index in [9.17, 15) is 9.50 Å². The first-order chi connectivity index (χ1) is 8.24. The molecule has 0 bridgehead atoms. The average Bonchev–Trinajstić information content (AvgIpc) is 2.79. The highest BCUT2D eigenvalue weighted by atomic mass is 32.1. The van der Waals surface area contributed by atoms with Crippen molar-refractivity contribution in [2.75, 3.05) is 0 Å². The Morgan fingerprint density at radius 2 is 2.12 bits per heavy atom. The number of hydrogen-bond acceptors (Lipinski definition) is 2. The van der Waals surface area contributed by atoms with E-state index in [-0.39, 0.29) is 5.82 Å². The highest BCUT2D eigenvalue weighted by Crippen LogP contribution is 2.14. The first kappa shape index (κ1) is 12.3. The molecule has 1 nitrogen and oxygen atoms in total. The minimum absolute atomic E-state index is 0.243. The van der Waals surface area contributed by atoms with E-state index < -0.39 is 6.10 Å². The molecule has 3 heteroatoms. The van der Waals surface area contributed by atoms with Crippen LogP contribution in [-0.4, -0.2) is 11.2 Å². The van der Waals surface area contributed by atoms with E-state index in [1.807, 2.05) is 17.5 Å². The van der Waals surface area contributed by atoms with Crippen LogP contribution in [-0.2, 0) is 12.8 Å². The van der Waals surface area contributed by atoms with E-state index in [2.05, 4.69) is 6.07 Å². The highest BCUT2D eigenvalue weighted by Gasteiger charge is 2.07. The van der Waals surface area contributed by atoms with Crippen molar-refractivity contribution >= 4 is 11.3 Å². The molecular formula is C14H15FOS. The van der Waals surface area contributed by atoms with Crippen LogP contribution in [0.4, 0.5) is 4.39 Å². The van der Waals surface area contributed by atoms with Gasteiger partial charge in [0.15, 0.2) is 0 Å². The van der Waals surface area contributed by atoms with E-state index in [0.29, 0.717) is 6.42 Å². The topological polar surface area (TPSA) is 20.2 Å². The lowest BCUT2D eigenvalue weighted by molar-refractivity contribution is 0.165. The lowest BCUT2D eigenvalue weighted by Crippen LogP contribution is -2.11. The van der Waals surface area contributed by atoms with Crippen LogP contribution in [0.3, 0.4) is 0 Å². The molecule has 2 aromatic rings. The number of hydrogen-bond donors (Lipinski definition) is 1. The normalized spacial score (nSPS) is 12.6. The van der Waals surface area contributed by atoms with Crippen LogP contribution in [0.25, 0.3) is 0 Å². The molecule has 0 spiro atoms. The number of benzene rings is 1. The maximum atomic E-state index is 12.9. The lowest BCUT2D eigenvalue weighted by Gasteiger charge is -2.09. The number of halogens is 1. The van der Waals surface area contributed by atoms with Gasteiger partial charge >= 0.3 is 0 Å². The molecule has 0 aliphatic rings. The molecule has 1 aromatic heterocycles. The van der Waals surface area contributed by atoms with Gasteiger partial charge in [-0.25, -0.2) is 4.39 Å². The summed E-state index contributed by atoms with van der Waals surface area (Å²) in [5.41, 5.74) is 0.851. The summed E-state index contributed by atoms with van der Waals surface area (Å²) in [6, 6.07) is 10.5. The largest absolute Gasteiger partial charge is 0.393 e. The number of aliphatic hydroxyl groups excluding tert-OH is 1. The molecular weight excluding hydrogens is 235 g/mol. The molecule has 0 saturated heterocycles. The molecule has 1 aromatic carbocycles. The second kappa shape index (κ2) is 5.94. The monoisotopic (exact) mass is 250 g/mol. The highest BCUT2D eigenvalue weighted by molar-refractivity contribution is 7.09. The van der Waals surface area contributed by atoms with Crippen LogP contribution in [0, 0.1) is 5.82 Å². The van der Waals surface area contributed by atoms with Gasteiger partial charge in [-0.1, -0.05) is 18.2 Å². The zero-order valence-corrected chi connectivity index (χ0v) is 10.3. The fraction of sp³-hybridized carbons (Fsp3) is 0.286. The first-order valence-electron chi connectivity index (χ1n) is 5.69. The summed E-state index contributed by atoms with van der Waals surface area (Å²) in [4.78, 5) is 1.28. The SMILES string of the molecule is OC(CCc1cccs1)Cc1cccc(F)c1. The summed E-state index contributed by atoms with van der Waals surface area (Å²) >= 11 is 1.70. The summed E-state index contributed by atoms with van der Waals surface area (Å²) in [7, 11) is 0. The van der Waals surface area contributed by atoms with E-state index in [1.54, 1.807) is 17.4 Å². The van der Waals surface area contributed by atoms with Crippen LogP contribution in [0.15, 0.2) is 41.8 Å². The van der Waals surface area contributed by atoms with Crippen LogP contribution in [0.5, 0.6) is 0 Å². The van der Waals surface area contributed by atoms with E-state index in [4.69, 9.17) is 0 Å². The fourth-order valence-corrected chi connectivity index (χ4v) is 2.53. The third-order valence-electron chi connectivity index (χ3n) is 2.66. The van der Waals surface area contributed by atoms with E-state index in [0.717, 1.165) is 18.4 Å². The molecule has 90 valence electrons. The molecule has 0 saturated carbocycles. The van der Waals surface area contributed by atoms with E-state index >= 15 is 0 Å². The summed E-state index contributed by atoms with van der Waals surface area (Å²) in [5, 5.41) is 11.9. The van der Waals surface area contributed by atoms with E-state index in [1.165, 1.54) is 17.0 Å². The number of aliphatic hydroxyl groups is 1. The zero-order chi connectivity index (χ0) is 12.1. The molecule has 0 aliphatic carbocycles. The smallest absolute Gasteiger partial charge is 0.123 e. The minimum Gasteiger partial charge on any atom is -0.393 e. The standard InChI is InChI=1S/C14H15FOS/c15-12-4-1-3-11(9-12)10-13(16)6-7-14-5-2-8-17-14/h1-5,8-9,13,16H,6-7,10H2. The van der Waals surface area contributed by atoms with Gasteiger partial charge in [-0.2, -0.15) is 0 Å². The maximum Gasteiger partial charge on any atom is 0.123 e. The lowest BCUT2D eigenvalue weighted by atomic mass is 10.0. The van der Waals surface area contributed by atoms with Crippen molar-refractivity contribution in [1.29, 1.82) is 0 Å². The number of thiophene rings is 1. The minimum atomic E-state index is -0.404. The van der Waals surface area contributed by atoms with Gasteiger partial charge in [-0.3, -0.25) is 0 Å². The van der Waals surface area contributed by atoms with Crippen molar-refractivity contribution in [1.82, 2.24) is 0 Å². The summed E-state index contributed by atoms with van der Waals surface area (Å²) in [5.74, 6) is -0.243. The third-order valence-corrected chi connectivity index (χ3v) is 3.60. The van der Waals surface area contributed by atoms with Gasteiger partial charge in [-0.15, -0.1) is 11.3 Å². The van der Waals surface area contributed by atoms with Crippen molar-refractivity contribution in [2.24, 2.45) is 0 Å². The molecule has 17 heavy (non-hydrogen) atoms. The second-order valence-electron chi connectivity index (χ2n) is 4.11. The molecule has 1 unspecified atom stereocenters. The molecule has 0 radical (unpaired) electrons. The average molecular weight is 250 g/mol. The van der Waals surface area contributed by atoms with Crippen molar-refractivity contribution < 1.29 is 9.50 Å². The quantitative estimate of drug-likeness (QED) is 0.862. The Balaban J connectivity index is 1.83. The van der Waals surface area contributed by atoms with Gasteiger partial charge in [0.05, 0.1) is 6.10 Å². The summed E-state index contributed by atoms with van der Waals surface area (Å²) < 4.78 is 12.9. The predicted octanol–water partition coefficient (Wildman–Crippen LogP) is 3.42. The van der Waals surface area contributed by atoms with Gasteiger partial charge < -0.3 is 5.11 Å². The Kier molecular flexibility index (Phi) is 4.29. The zero-order valence-electron chi connectivity index (χ0n) is 9.47.